The number of aliphatic imine (C=N–C) groups is 1. The number of benzene rings is 3. The number of aryl methyl sites for hydroxylation is 1. The number of hydrogen-bond donors (Lipinski definition) is 0. The van der Waals surface area contributed by atoms with Crippen molar-refractivity contribution in [3.8, 4) is 5.75 Å². The quantitative estimate of drug-likeness (QED) is 0.450. The second-order valence-electron chi connectivity index (χ2n) is 5.58. The van der Waals surface area contributed by atoms with Crippen molar-refractivity contribution in [1.82, 2.24) is 0 Å². The molecule has 0 saturated heterocycles. The minimum atomic E-state index is -3.92. The lowest BCUT2D eigenvalue weighted by molar-refractivity contribution is 0.485. The Morgan fingerprint density at radius 1 is 0.962 bits per heavy atom. The summed E-state index contributed by atoms with van der Waals surface area (Å²) in [5, 5.41) is 0.582. The predicted octanol–water partition coefficient (Wildman–Crippen LogP) is 5.17. The predicted molar refractivity (Wildman–Crippen MR) is 104 cm³/mol. The van der Waals surface area contributed by atoms with Crippen LogP contribution in [0.5, 0.6) is 5.75 Å². The largest absolute Gasteiger partial charge is 0.378 e. The average Bonchev–Trinajstić information content (AvgIpc) is 2.64. The molecule has 0 atom stereocenters. The first-order chi connectivity index (χ1) is 12.5. The Hall–Kier alpha value is -2.63. The molecule has 3 aromatic rings. The number of rotatable bonds is 5. The Morgan fingerprint density at radius 2 is 1.65 bits per heavy atom. The van der Waals surface area contributed by atoms with Gasteiger partial charge in [-0.05, 0) is 48.9 Å². The zero-order chi connectivity index (χ0) is 18.6. The molecule has 0 aliphatic carbocycles. The van der Waals surface area contributed by atoms with Crippen molar-refractivity contribution in [1.29, 1.82) is 0 Å². The Bertz CT molecular complexity index is 1050. The normalized spacial score (nSPS) is 11.6. The van der Waals surface area contributed by atoms with E-state index in [0.717, 1.165) is 5.56 Å². The molecule has 0 amide bonds. The molecule has 0 aliphatic rings. The van der Waals surface area contributed by atoms with Crippen molar-refractivity contribution in [2.45, 2.75) is 11.8 Å². The number of hydrogen-bond acceptors (Lipinski definition) is 4. The molecule has 6 heteroatoms. The van der Waals surface area contributed by atoms with Crippen LogP contribution >= 0.6 is 11.6 Å². The van der Waals surface area contributed by atoms with Crippen molar-refractivity contribution in [2.24, 2.45) is 4.99 Å². The summed E-state index contributed by atoms with van der Waals surface area (Å²) in [6, 6.07) is 20.2. The molecule has 0 aliphatic heterocycles. The molecule has 26 heavy (non-hydrogen) atoms. The van der Waals surface area contributed by atoms with Gasteiger partial charge in [-0.1, -0.05) is 48.0 Å². The van der Waals surface area contributed by atoms with E-state index in [1.165, 1.54) is 12.1 Å². The Morgan fingerprint density at radius 3 is 2.42 bits per heavy atom. The zero-order valence-corrected chi connectivity index (χ0v) is 15.5. The molecule has 132 valence electrons. The molecule has 4 nitrogen and oxygen atoms in total. The van der Waals surface area contributed by atoms with Crippen molar-refractivity contribution < 1.29 is 12.6 Å². The lowest BCUT2D eigenvalue weighted by atomic mass is 10.2. The van der Waals surface area contributed by atoms with Gasteiger partial charge < -0.3 is 4.18 Å². The highest BCUT2D eigenvalue weighted by atomic mass is 35.5. The van der Waals surface area contributed by atoms with E-state index < -0.39 is 10.1 Å². The average molecular weight is 386 g/mol. The Balaban J connectivity index is 1.92. The van der Waals surface area contributed by atoms with Crippen LogP contribution in [-0.4, -0.2) is 14.6 Å². The van der Waals surface area contributed by atoms with E-state index in [9.17, 15) is 8.42 Å². The van der Waals surface area contributed by atoms with Crippen molar-refractivity contribution in [2.75, 3.05) is 0 Å². The standard InChI is InChI=1S/C20H16ClNO3S/c1-15-11-12-17(21)13-19(15)22-14-16-7-5-6-10-20(16)25-26(23,24)18-8-3-2-4-9-18/h2-14H,1H3. The first kappa shape index (κ1) is 18.2. The maximum Gasteiger partial charge on any atom is 0.339 e. The Labute approximate surface area is 157 Å². The van der Waals surface area contributed by atoms with Crippen LogP contribution < -0.4 is 4.18 Å². The number of para-hydroxylation sites is 1. The first-order valence-corrected chi connectivity index (χ1v) is 9.63. The smallest absolute Gasteiger partial charge is 0.339 e. The molecule has 0 spiro atoms. The van der Waals surface area contributed by atoms with Gasteiger partial charge in [0.15, 0.2) is 5.75 Å². The molecule has 0 bridgehead atoms. The fourth-order valence-corrected chi connectivity index (χ4v) is 3.42. The van der Waals surface area contributed by atoms with E-state index in [-0.39, 0.29) is 10.6 Å². The van der Waals surface area contributed by atoms with Gasteiger partial charge in [0.2, 0.25) is 0 Å². The minimum Gasteiger partial charge on any atom is -0.378 e. The molecule has 0 fully saturated rings. The van der Waals surface area contributed by atoms with Crippen LogP contribution in [0.1, 0.15) is 11.1 Å². The van der Waals surface area contributed by atoms with E-state index in [1.807, 2.05) is 13.0 Å². The monoisotopic (exact) mass is 385 g/mol. The molecule has 0 unspecified atom stereocenters. The van der Waals surface area contributed by atoms with E-state index in [0.29, 0.717) is 16.3 Å². The van der Waals surface area contributed by atoms with E-state index in [1.54, 1.807) is 60.8 Å². The second kappa shape index (κ2) is 7.72. The summed E-state index contributed by atoms with van der Waals surface area (Å²) >= 11 is 6.01. The third kappa shape index (κ3) is 4.31. The van der Waals surface area contributed by atoms with Gasteiger partial charge >= 0.3 is 10.1 Å². The highest BCUT2D eigenvalue weighted by Gasteiger charge is 2.17. The van der Waals surface area contributed by atoms with Crippen molar-refractivity contribution >= 4 is 33.6 Å². The van der Waals surface area contributed by atoms with Crippen molar-refractivity contribution in [3.63, 3.8) is 0 Å². The molecular weight excluding hydrogens is 370 g/mol. The van der Waals surface area contributed by atoms with E-state index >= 15 is 0 Å². The van der Waals surface area contributed by atoms with Gasteiger partial charge in [0, 0.05) is 16.8 Å². The van der Waals surface area contributed by atoms with Gasteiger partial charge in [0.1, 0.15) is 4.90 Å². The van der Waals surface area contributed by atoms with E-state index in [4.69, 9.17) is 15.8 Å². The summed E-state index contributed by atoms with van der Waals surface area (Å²) in [6.07, 6.45) is 1.56. The third-order valence-corrected chi connectivity index (χ3v) is 5.15. The van der Waals surface area contributed by atoms with Crippen LogP contribution in [0.3, 0.4) is 0 Å². The lowest BCUT2D eigenvalue weighted by Gasteiger charge is -2.09. The summed E-state index contributed by atoms with van der Waals surface area (Å²) < 4.78 is 30.2. The highest BCUT2D eigenvalue weighted by Crippen LogP contribution is 2.25. The molecule has 3 aromatic carbocycles. The first-order valence-electron chi connectivity index (χ1n) is 7.84. The number of halogens is 1. The number of nitrogens with zero attached hydrogens (tertiary/aromatic N) is 1. The summed E-state index contributed by atoms with van der Waals surface area (Å²) in [4.78, 5) is 4.51. The van der Waals surface area contributed by atoms with E-state index in [2.05, 4.69) is 4.99 Å². The molecule has 0 heterocycles. The summed E-state index contributed by atoms with van der Waals surface area (Å²) in [5.74, 6) is 0.208. The molecule has 0 N–H and O–H groups in total. The van der Waals surface area contributed by atoms with Crippen LogP contribution in [0, 0.1) is 6.92 Å². The third-order valence-electron chi connectivity index (χ3n) is 3.66. The van der Waals surface area contributed by atoms with Gasteiger partial charge in [0.25, 0.3) is 0 Å². The zero-order valence-electron chi connectivity index (χ0n) is 14.0. The van der Waals surface area contributed by atoms with Gasteiger partial charge in [-0.2, -0.15) is 8.42 Å². The minimum absolute atomic E-state index is 0.0948. The van der Waals surface area contributed by atoms with Crippen LogP contribution in [0.25, 0.3) is 0 Å². The summed E-state index contributed by atoms with van der Waals surface area (Å²) in [6.45, 7) is 1.92. The second-order valence-corrected chi connectivity index (χ2v) is 7.56. The molecular formula is C20H16ClNO3S. The van der Waals surface area contributed by atoms with Crippen molar-refractivity contribution in [3.05, 3.63) is 88.9 Å². The maximum absolute atomic E-state index is 12.4. The maximum atomic E-state index is 12.4. The lowest BCUT2D eigenvalue weighted by Crippen LogP contribution is -2.10. The fraction of sp³-hybridized carbons (Fsp3) is 0.0500. The molecule has 3 rings (SSSR count). The van der Waals surface area contributed by atoms with Gasteiger partial charge in [-0.15, -0.1) is 0 Å². The summed E-state index contributed by atoms with van der Waals surface area (Å²) in [7, 11) is -3.92. The van der Waals surface area contributed by atoms with Crippen LogP contribution in [0.15, 0.2) is 82.7 Å². The van der Waals surface area contributed by atoms with Crippen LogP contribution in [0.2, 0.25) is 5.02 Å². The summed E-state index contributed by atoms with van der Waals surface area (Å²) in [5.41, 5.74) is 2.21. The fourth-order valence-electron chi connectivity index (χ4n) is 2.28. The SMILES string of the molecule is Cc1ccc(Cl)cc1N=Cc1ccccc1OS(=O)(=O)c1ccccc1. The van der Waals surface area contributed by atoms with Crippen LogP contribution in [-0.2, 0) is 10.1 Å². The molecule has 0 saturated carbocycles. The van der Waals surface area contributed by atoms with Gasteiger partial charge in [-0.3, -0.25) is 4.99 Å². The van der Waals surface area contributed by atoms with Crippen LogP contribution in [0.4, 0.5) is 5.69 Å². The topological polar surface area (TPSA) is 55.7 Å². The Kier molecular flexibility index (Phi) is 5.40. The molecule has 0 aromatic heterocycles. The van der Waals surface area contributed by atoms with Gasteiger partial charge in [-0.25, -0.2) is 0 Å². The highest BCUT2D eigenvalue weighted by molar-refractivity contribution is 7.87. The molecule has 0 radical (unpaired) electrons. The van der Waals surface area contributed by atoms with Gasteiger partial charge in [0.05, 0.1) is 5.69 Å².